The predicted octanol–water partition coefficient (Wildman–Crippen LogP) is 4.71. The lowest BCUT2D eigenvalue weighted by atomic mass is 10.1. The molecule has 0 aromatic heterocycles. The summed E-state index contributed by atoms with van der Waals surface area (Å²) in [6.45, 7) is 6.22. The average molecular weight is 267 g/mol. The predicted molar refractivity (Wildman–Crippen MR) is 68.2 cm³/mol. The highest BCUT2D eigenvalue weighted by Gasteiger charge is 2.14. The maximum absolute atomic E-state index is 6.12. The fourth-order valence-electron chi connectivity index (χ4n) is 1.47. The Morgan fingerprint density at radius 2 is 1.60 bits per heavy atom. The number of hydrogen-bond acceptors (Lipinski definition) is 1. The van der Waals surface area contributed by atoms with Crippen molar-refractivity contribution in [1.29, 1.82) is 0 Å². The van der Waals surface area contributed by atoms with Crippen LogP contribution < -0.4 is 5.32 Å². The van der Waals surface area contributed by atoms with Gasteiger partial charge in [-0.1, -0.05) is 54.7 Å². The van der Waals surface area contributed by atoms with Gasteiger partial charge in [0.05, 0.1) is 15.1 Å². The van der Waals surface area contributed by atoms with Gasteiger partial charge in [-0.05, 0) is 18.6 Å². The smallest absolute Gasteiger partial charge is 0.0781 e. The van der Waals surface area contributed by atoms with Gasteiger partial charge in [-0.2, -0.15) is 0 Å². The van der Waals surface area contributed by atoms with Crippen molar-refractivity contribution in [2.24, 2.45) is 0 Å². The van der Waals surface area contributed by atoms with Crippen LogP contribution in [0.4, 0.5) is 0 Å². The lowest BCUT2D eigenvalue weighted by Gasteiger charge is -2.19. The van der Waals surface area contributed by atoms with E-state index in [-0.39, 0.29) is 6.04 Å². The first-order valence-electron chi connectivity index (χ1n) is 4.83. The summed E-state index contributed by atoms with van der Waals surface area (Å²) in [7, 11) is 0. The molecule has 1 aromatic rings. The second-order valence-corrected chi connectivity index (χ2v) is 4.97. The van der Waals surface area contributed by atoms with Gasteiger partial charge in [0.2, 0.25) is 0 Å². The van der Waals surface area contributed by atoms with E-state index in [1.807, 2.05) is 13.0 Å². The molecule has 0 saturated carbocycles. The monoisotopic (exact) mass is 265 g/mol. The van der Waals surface area contributed by atoms with Gasteiger partial charge >= 0.3 is 0 Å². The molecule has 0 radical (unpaired) electrons. The molecule has 0 saturated heterocycles. The molecule has 0 amide bonds. The largest absolute Gasteiger partial charge is 0.308 e. The van der Waals surface area contributed by atoms with E-state index in [4.69, 9.17) is 34.8 Å². The molecule has 0 bridgehead atoms. The van der Waals surface area contributed by atoms with E-state index in [0.29, 0.717) is 21.1 Å². The Labute approximate surface area is 106 Å². The average Bonchev–Trinajstić information content (AvgIpc) is 2.13. The van der Waals surface area contributed by atoms with Crippen molar-refractivity contribution < 1.29 is 0 Å². The summed E-state index contributed by atoms with van der Waals surface area (Å²) in [5.74, 6) is 0. The molecule has 0 aliphatic carbocycles. The highest BCUT2D eigenvalue weighted by molar-refractivity contribution is 6.48. The van der Waals surface area contributed by atoms with Gasteiger partial charge in [-0.3, -0.25) is 0 Å². The molecule has 0 spiro atoms. The molecule has 1 unspecified atom stereocenters. The summed E-state index contributed by atoms with van der Waals surface area (Å²) in [4.78, 5) is 0. The second-order valence-electron chi connectivity index (χ2n) is 3.81. The molecule has 15 heavy (non-hydrogen) atoms. The molecule has 4 heteroatoms. The summed E-state index contributed by atoms with van der Waals surface area (Å²) in [6, 6.07) is 4.22. The number of rotatable bonds is 3. The van der Waals surface area contributed by atoms with Crippen LogP contribution in [-0.2, 0) is 0 Å². The Kier molecular flexibility index (Phi) is 4.72. The minimum atomic E-state index is 0.160. The van der Waals surface area contributed by atoms with Crippen molar-refractivity contribution in [3.05, 3.63) is 32.8 Å². The molecule has 0 aliphatic rings. The van der Waals surface area contributed by atoms with Gasteiger partial charge in [-0.25, -0.2) is 0 Å². The Balaban J connectivity index is 3.00. The van der Waals surface area contributed by atoms with Crippen LogP contribution in [-0.4, -0.2) is 6.04 Å². The maximum atomic E-state index is 6.12. The van der Waals surface area contributed by atoms with Gasteiger partial charge in [-0.15, -0.1) is 0 Å². The fraction of sp³-hybridized carbons (Fsp3) is 0.455. The van der Waals surface area contributed by atoms with Crippen LogP contribution in [0, 0.1) is 0 Å². The van der Waals surface area contributed by atoms with Gasteiger partial charge in [0.25, 0.3) is 0 Å². The molecule has 1 nitrogen and oxygen atoms in total. The Morgan fingerprint density at radius 3 is 2.13 bits per heavy atom. The topological polar surface area (TPSA) is 12.0 Å². The fourth-order valence-corrected chi connectivity index (χ4v) is 2.17. The molecule has 1 aromatic carbocycles. The number of halogens is 3. The number of hydrogen-bond donors (Lipinski definition) is 1. The van der Waals surface area contributed by atoms with Crippen molar-refractivity contribution in [1.82, 2.24) is 5.32 Å². The third kappa shape index (κ3) is 3.25. The Morgan fingerprint density at radius 1 is 1.00 bits per heavy atom. The third-order valence-corrected chi connectivity index (χ3v) is 3.42. The van der Waals surface area contributed by atoms with E-state index in [0.717, 1.165) is 5.56 Å². The van der Waals surface area contributed by atoms with Crippen molar-refractivity contribution >= 4 is 34.8 Å². The van der Waals surface area contributed by atoms with E-state index in [1.54, 1.807) is 6.07 Å². The number of benzene rings is 1. The molecule has 0 aliphatic heterocycles. The van der Waals surface area contributed by atoms with E-state index in [1.165, 1.54) is 0 Å². The first-order valence-corrected chi connectivity index (χ1v) is 5.96. The van der Waals surface area contributed by atoms with Crippen molar-refractivity contribution in [3.8, 4) is 0 Å². The molecule has 84 valence electrons. The van der Waals surface area contributed by atoms with Crippen LogP contribution in [0.5, 0.6) is 0 Å². The van der Waals surface area contributed by atoms with Crippen LogP contribution in [0.3, 0.4) is 0 Å². The lowest BCUT2D eigenvalue weighted by Crippen LogP contribution is -2.26. The first-order chi connectivity index (χ1) is 6.93. The van der Waals surface area contributed by atoms with Crippen LogP contribution >= 0.6 is 34.8 Å². The summed E-state index contributed by atoms with van der Waals surface area (Å²) in [5, 5.41) is 4.80. The Hall–Kier alpha value is 0.0500. The third-order valence-electron chi connectivity index (χ3n) is 2.11. The van der Waals surface area contributed by atoms with Gasteiger partial charge in [0, 0.05) is 12.1 Å². The minimum Gasteiger partial charge on any atom is -0.308 e. The molecule has 1 rings (SSSR count). The molecular weight excluding hydrogens is 252 g/mol. The van der Waals surface area contributed by atoms with Crippen LogP contribution in [0.15, 0.2) is 12.1 Å². The minimum absolute atomic E-state index is 0.160. The van der Waals surface area contributed by atoms with Gasteiger partial charge in [0.1, 0.15) is 0 Å². The highest BCUT2D eigenvalue weighted by Crippen LogP contribution is 2.35. The van der Waals surface area contributed by atoms with Crippen LogP contribution in [0.1, 0.15) is 32.4 Å². The molecule has 1 N–H and O–H groups in total. The normalized spacial score (nSPS) is 13.3. The van der Waals surface area contributed by atoms with Gasteiger partial charge < -0.3 is 5.32 Å². The lowest BCUT2D eigenvalue weighted by molar-refractivity contribution is 0.506. The van der Waals surface area contributed by atoms with E-state index in [9.17, 15) is 0 Å². The summed E-state index contributed by atoms with van der Waals surface area (Å²) >= 11 is 18.0. The quantitative estimate of drug-likeness (QED) is 0.782. The molecular formula is C11H14Cl3N. The zero-order valence-electron chi connectivity index (χ0n) is 8.94. The molecule has 0 heterocycles. The van der Waals surface area contributed by atoms with E-state index in [2.05, 4.69) is 19.2 Å². The maximum Gasteiger partial charge on any atom is 0.0781 e. The summed E-state index contributed by atoms with van der Waals surface area (Å²) < 4.78 is 0. The Bertz CT molecular complexity index is 350. The second kappa shape index (κ2) is 5.40. The molecule has 1 atom stereocenters. The van der Waals surface area contributed by atoms with Crippen molar-refractivity contribution in [2.75, 3.05) is 0 Å². The van der Waals surface area contributed by atoms with Crippen LogP contribution in [0.2, 0.25) is 15.1 Å². The standard InChI is InChI=1S/C11H14Cl3N/c1-6(2)15-7(3)8-4-5-9(12)11(14)10(8)13/h4-7,15H,1-3H3. The SMILES string of the molecule is CC(C)NC(C)c1ccc(Cl)c(Cl)c1Cl. The highest BCUT2D eigenvalue weighted by atomic mass is 35.5. The molecule has 0 fully saturated rings. The van der Waals surface area contributed by atoms with Gasteiger partial charge in [0.15, 0.2) is 0 Å². The summed E-state index contributed by atoms with van der Waals surface area (Å²) in [6.07, 6.45) is 0. The van der Waals surface area contributed by atoms with Crippen LogP contribution in [0.25, 0.3) is 0 Å². The zero-order valence-corrected chi connectivity index (χ0v) is 11.2. The summed E-state index contributed by atoms with van der Waals surface area (Å²) in [5.41, 5.74) is 0.972. The van der Waals surface area contributed by atoms with E-state index >= 15 is 0 Å². The van der Waals surface area contributed by atoms with Crippen molar-refractivity contribution in [3.63, 3.8) is 0 Å². The number of nitrogens with one attached hydrogen (secondary N) is 1. The van der Waals surface area contributed by atoms with E-state index < -0.39 is 0 Å². The first kappa shape index (κ1) is 13.1. The van der Waals surface area contributed by atoms with Crippen molar-refractivity contribution in [2.45, 2.75) is 32.9 Å². The zero-order chi connectivity index (χ0) is 11.6.